The van der Waals surface area contributed by atoms with Crippen LogP contribution in [0.5, 0.6) is 0 Å². The highest BCUT2D eigenvalue weighted by Gasteiger charge is 2.23. The zero-order chi connectivity index (χ0) is 12.3. The van der Waals surface area contributed by atoms with Crippen LogP contribution >= 0.6 is 15.9 Å². The van der Waals surface area contributed by atoms with E-state index < -0.39 is 0 Å². The number of carbonyl (C=O) groups excluding carboxylic acids is 1. The lowest BCUT2D eigenvalue weighted by Crippen LogP contribution is -2.24. The molecule has 0 radical (unpaired) electrons. The van der Waals surface area contributed by atoms with Gasteiger partial charge in [0.1, 0.15) is 16.4 Å². The number of halogens is 1. The second-order valence-electron chi connectivity index (χ2n) is 4.64. The average molecular weight is 298 g/mol. The molecule has 4 heteroatoms. The van der Waals surface area contributed by atoms with E-state index in [9.17, 15) is 4.79 Å². The van der Waals surface area contributed by atoms with Crippen LogP contribution in [0.4, 0.5) is 0 Å². The lowest BCUT2D eigenvalue weighted by Gasteiger charge is -2.26. The van der Waals surface area contributed by atoms with Gasteiger partial charge in [-0.15, -0.1) is 0 Å². The quantitative estimate of drug-likeness (QED) is 0.619. The minimum absolute atomic E-state index is 0.0621. The van der Waals surface area contributed by atoms with Crippen LogP contribution in [0.1, 0.15) is 43.1 Å². The smallest absolute Gasteiger partial charge is 0.357 e. The highest BCUT2D eigenvalue weighted by molar-refractivity contribution is 9.10. The molecule has 0 bridgehead atoms. The molecule has 0 aromatic carbocycles. The third-order valence-corrected chi connectivity index (χ3v) is 3.53. The highest BCUT2D eigenvalue weighted by Crippen LogP contribution is 2.26. The Morgan fingerprint density at radius 2 is 2.29 bits per heavy atom. The summed E-state index contributed by atoms with van der Waals surface area (Å²) < 4.78 is 6.14. The molecule has 2 unspecified atom stereocenters. The molecule has 2 rings (SSSR count). The highest BCUT2D eigenvalue weighted by atomic mass is 79.9. The van der Waals surface area contributed by atoms with Crippen molar-refractivity contribution in [2.45, 2.75) is 38.7 Å². The van der Waals surface area contributed by atoms with E-state index in [1.807, 2.05) is 0 Å². The first-order chi connectivity index (χ1) is 8.15. The maximum Gasteiger partial charge on any atom is 0.357 e. The van der Waals surface area contributed by atoms with Crippen LogP contribution in [-0.2, 0) is 4.74 Å². The van der Waals surface area contributed by atoms with E-state index in [1.54, 1.807) is 18.2 Å². The van der Waals surface area contributed by atoms with E-state index in [4.69, 9.17) is 4.74 Å². The summed E-state index contributed by atoms with van der Waals surface area (Å²) in [5.41, 5.74) is 0.373. The Balaban J connectivity index is 1.97. The van der Waals surface area contributed by atoms with Crippen molar-refractivity contribution in [2.75, 3.05) is 0 Å². The summed E-state index contributed by atoms with van der Waals surface area (Å²) in [6, 6.07) is 5.26. The summed E-state index contributed by atoms with van der Waals surface area (Å²) in [5, 5.41) is 0. The van der Waals surface area contributed by atoms with Crippen molar-refractivity contribution in [2.24, 2.45) is 5.92 Å². The SMILES string of the molecule is CC1CCCC(OC(=O)c2cccc(Br)n2)C1. The first-order valence-electron chi connectivity index (χ1n) is 5.98. The second-order valence-corrected chi connectivity index (χ2v) is 5.46. The molecule has 1 saturated carbocycles. The monoisotopic (exact) mass is 297 g/mol. The summed E-state index contributed by atoms with van der Waals surface area (Å²) in [6.07, 6.45) is 4.39. The normalized spacial score (nSPS) is 24.4. The molecule has 2 atom stereocenters. The molecule has 1 heterocycles. The summed E-state index contributed by atoms with van der Waals surface area (Å²) in [5.74, 6) is 0.336. The number of carbonyl (C=O) groups is 1. The van der Waals surface area contributed by atoms with Gasteiger partial charge >= 0.3 is 5.97 Å². The van der Waals surface area contributed by atoms with Gasteiger partial charge in [0, 0.05) is 0 Å². The maximum atomic E-state index is 11.9. The molecule has 1 aromatic rings. The zero-order valence-corrected chi connectivity index (χ0v) is 11.4. The number of ether oxygens (including phenoxy) is 1. The third kappa shape index (κ3) is 3.53. The van der Waals surface area contributed by atoms with E-state index >= 15 is 0 Å². The van der Waals surface area contributed by atoms with Crippen LogP contribution in [0.15, 0.2) is 22.8 Å². The van der Waals surface area contributed by atoms with Crippen LogP contribution in [0.3, 0.4) is 0 Å². The van der Waals surface area contributed by atoms with Crippen molar-refractivity contribution < 1.29 is 9.53 Å². The van der Waals surface area contributed by atoms with E-state index in [2.05, 4.69) is 27.8 Å². The molecular weight excluding hydrogens is 282 g/mol. The number of esters is 1. The summed E-state index contributed by atoms with van der Waals surface area (Å²) >= 11 is 3.25. The number of pyridine rings is 1. The molecule has 1 aromatic heterocycles. The molecule has 1 aliphatic rings. The number of rotatable bonds is 2. The number of aromatic nitrogens is 1. The minimum Gasteiger partial charge on any atom is -0.458 e. The van der Waals surface area contributed by atoms with Crippen molar-refractivity contribution in [3.8, 4) is 0 Å². The van der Waals surface area contributed by atoms with E-state index in [-0.39, 0.29) is 12.1 Å². The molecule has 1 aliphatic carbocycles. The van der Waals surface area contributed by atoms with Gasteiger partial charge in [-0.05, 0) is 53.2 Å². The largest absolute Gasteiger partial charge is 0.458 e. The Kier molecular flexibility index (Phi) is 4.15. The minimum atomic E-state index is -0.314. The van der Waals surface area contributed by atoms with Gasteiger partial charge < -0.3 is 4.74 Å². The van der Waals surface area contributed by atoms with E-state index in [0.717, 1.165) is 19.3 Å². The molecule has 0 aliphatic heterocycles. The Hall–Kier alpha value is -0.900. The Morgan fingerprint density at radius 1 is 1.47 bits per heavy atom. The van der Waals surface area contributed by atoms with Gasteiger partial charge in [0.15, 0.2) is 0 Å². The Morgan fingerprint density at radius 3 is 3.00 bits per heavy atom. The van der Waals surface area contributed by atoms with Crippen LogP contribution in [0, 0.1) is 5.92 Å². The van der Waals surface area contributed by atoms with Crippen LogP contribution in [0.2, 0.25) is 0 Å². The van der Waals surface area contributed by atoms with Crippen LogP contribution in [0.25, 0.3) is 0 Å². The van der Waals surface area contributed by atoms with Crippen molar-refractivity contribution in [3.63, 3.8) is 0 Å². The molecule has 92 valence electrons. The van der Waals surface area contributed by atoms with Gasteiger partial charge in [-0.25, -0.2) is 9.78 Å². The number of nitrogens with zero attached hydrogens (tertiary/aromatic N) is 1. The number of hydrogen-bond acceptors (Lipinski definition) is 3. The third-order valence-electron chi connectivity index (χ3n) is 3.09. The predicted octanol–water partition coefficient (Wildman–Crippen LogP) is 3.58. The van der Waals surface area contributed by atoms with Gasteiger partial charge in [-0.2, -0.15) is 0 Å². The molecule has 3 nitrogen and oxygen atoms in total. The van der Waals surface area contributed by atoms with Gasteiger partial charge in [0.05, 0.1) is 0 Å². The first kappa shape index (κ1) is 12.6. The van der Waals surface area contributed by atoms with E-state index in [0.29, 0.717) is 16.2 Å². The van der Waals surface area contributed by atoms with Crippen molar-refractivity contribution >= 4 is 21.9 Å². The number of hydrogen-bond donors (Lipinski definition) is 0. The predicted molar refractivity (Wildman–Crippen MR) is 68.8 cm³/mol. The second kappa shape index (κ2) is 5.63. The van der Waals surface area contributed by atoms with Gasteiger partial charge in [0.25, 0.3) is 0 Å². The summed E-state index contributed by atoms with van der Waals surface area (Å²) in [4.78, 5) is 16.0. The fourth-order valence-electron chi connectivity index (χ4n) is 2.22. The molecule has 0 N–H and O–H groups in total. The Labute approximate surface area is 110 Å². The molecule has 1 fully saturated rings. The summed E-state index contributed by atoms with van der Waals surface area (Å²) in [7, 11) is 0. The zero-order valence-electron chi connectivity index (χ0n) is 9.86. The lowest BCUT2D eigenvalue weighted by atomic mass is 9.89. The van der Waals surface area contributed by atoms with Gasteiger partial charge in [-0.3, -0.25) is 0 Å². The van der Waals surface area contributed by atoms with Gasteiger partial charge in [0.2, 0.25) is 0 Å². The topological polar surface area (TPSA) is 39.2 Å². The van der Waals surface area contributed by atoms with Crippen LogP contribution in [-0.4, -0.2) is 17.1 Å². The first-order valence-corrected chi connectivity index (χ1v) is 6.78. The molecule has 0 amide bonds. The standard InChI is InChI=1S/C13H16BrNO2/c1-9-4-2-5-10(8-9)17-13(16)11-6-3-7-12(14)15-11/h3,6-7,9-10H,2,4-5,8H2,1H3. The molecule has 0 saturated heterocycles. The Bertz CT molecular complexity index is 408. The van der Waals surface area contributed by atoms with Crippen molar-refractivity contribution in [3.05, 3.63) is 28.5 Å². The lowest BCUT2D eigenvalue weighted by molar-refractivity contribution is 0.0148. The summed E-state index contributed by atoms with van der Waals surface area (Å²) in [6.45, 7) is 2.21. The van der Waals surface area contributed by atoms with Gasteiger partial charge in [-0.1, -0.05) is 19.4 Å². The maximum absolute atomic E-state index is 11.9. The van der Waals surface area contributed by atoms with Crippen molar-refractivity contribution in [1.82, 2.24) is 4.98 Å². The molecular formula is C13H16BrNO2. The molecule has 0 spiro atoms. The molecule has 17 heavy (non-hydrogen) atoms. The van der Waals surface area contributed by atoms with Crippen molar-refractivity contribution in [1.29, 1.82) is 0 Å². The average Bonchev–Trinajstić information content (AvgIpc) is 2.29. The van der Waals surface area contributed by atoms with E-state index in [1.165, 1.54) is 6.42 Å². The fraction of sp³-hybridized carbons (Fsp3) is 0.538. The van der Waals surface area contributed by atoms with Crippen LogP contribution < -0.4 is 0 Å². The fourth-order valence-corrected chi connectivity index (χ4v) is 2.56.